The summed E-state index contributed by atoms with van der Waals surface area (Å²) in [5, 5.41) is 19.7. The number of hydrogen-bond acceptors (Lipinski definition) is 5. The molecule has 0 saturated carbocycles. The molecule has 2 heterocycles. The summed E-state index contributed by atoms with van der Waals surface area (Å²) in [5.74, 6) is -0.0747. The minimum Gasteiger partial charge on any atom is -0.388 e. The van der Waals surface area contributed by atoms with Gasteiger partial charge in [0.15, 0.2) is 5.82 Å². The molecule has 0 unspecified atom stereocenters. The Morgan fingerprint density at radius 1 is 1.58 bits per heavy atom. The summed E-state index contributed by atoms with van der Waals surface area (Å²) in [5.41, 5.74) is 0. The number of aliphatic hydroxyl groups is 2. The van der Waals surface area contributed by atoms with Gasteiger partial charge < -0.3 is 24.8 Å². The second kappa shape index (κ2) is 6.14. The van der Waals surface area contributed by atoms with Gasteiger partial charge in [-0.15, -0.1) is 0 Å². The van der Waals surface area contributed by atoms with E-state index in [-0.39, 0.29) is 24.9 Å². The standard InChI is InChI=1S/C12H19N3O4/c1-2-5-15(12(18)11-13-3-4-14-11)8-6-19-7-9(16)10(8)17/h3-4,8-10,16-17H,2,5-7H2,1H3,(H,13,14)/t8-,9-,10+/m1/s1. The zero-order chi connectivity index (χ0) is 13.8. The molecule has 0 aromatic carbocycles. The fraction of sp³-hybridized carbons (Fsp3) is 0.667. The third kappa shape index (κ3) is 2.94. The second-order valence-corrected chi connectivity index (χ2v) is 4.60. The zero-order valence-corrected chi connectivity index (χ0v) is 10.8. The Morgan fingerprint density at radius 3 is 3.00 bits per heavy atom. The van der Waals surface area contributed by atoms with E-state index < -0.39 is 18.2 Å². The molecular formula is C12H19N3O4. The average Bonchev–Trinajstić information content (AvgIpc) is 2.93. The minimum atomic E-state index is -1.00. The van der Waals surface area contributed by atoms with E-state index in [4.69, 9.17) is 4.74 Å². The van der Waals surface area contributed by atoms with Crippen molar-refractivity contribution in [2.24, 2.45) is 0 Å². The van der Waals surface area contributed by atoms with Gasteiger partial charge in [0.1, 0.15) is 12.2 Å². The van der Waals surface area contributed by atoms with Gasteiger partial charge in [-0.05, 0) is 6.42 Å². The van der Waals surface area contributed by atoms with Crippen LogP contribution in [0.5, 0.6) is 0 Å². The largest absolute Gasteiger partial charge is 0.388 e. The predicted octanol–water partition coefficient (Wildman–Crippen LogP) is -0.618. The minimum absolute atomic E-state index is 0.0899. The molecule has 0 radical (unpaired) electrons. The van der Waals surface area contributed by atoms with Crippen molar-refractivity contribution in [2.45, 2.75) is 31.6 Å². The topological polar surface area (TPSA) is 98.7 Å². The van der Waals surface area contributed by atoms with Crippen LogP contribution in [-0.4, -0.2) is 69.0 Å². The number of ether oxygens (including phenoxy) is 1. The van der Waals surface area contributed by atoms with Crippen molar-refractivity contribution >= 4 is 5.91 Å². The van der Waals surface area contributed by atoms with Gasteiger partial charge in [0.25, 0.3) is 5.91 Å². The maximum atomic E-state index is 12.3. The summed E-state index contributed by atoms with van der Waals surface area (Å²) >= 11 is 0. The van der Waals surface area contributed by atoms with Crippen molar-refractivity contribution in [1.29, 1.82) is 0 Å². The molecule has 1 saturated heterocycles. The molecule has 3 atom stereocenters. The van der Waals surface area contributed by atoms with Gasteiger partial charge in [0.05, 0.1) is 19.3 Å². The van der Waals surface area contributed by atoms with Crippen LogP contribution in [0, 0.1) is 0 Å². The Bertz CT molecular complexity index is 409. The number of nitrogens with zero attached hydrogens (tertiary/aromatic N) is 2. The van der Waals surface area contributed by atoms with Gasteiger partial charge in [-0.25, -0.2) is 4.98 Å². The third-order valence-electron chi connectivity index (χ3n) is 3.19. The van der Waals surface area contributed by atoms with Crippen LogP contribution in [0.1, 0.15) is 24.0 Å². The number of H-pyrrole nitrogens is 1. The first-order valence-electron chi connectivity index (χ1n) is 6.39. The highest BCUT2D eigenvalue weighted by Crippen LogP contribution is 2.17. The first kappa shape index (κ1) is 14.0. The van der Waals surface area contributed by atoms with Gasteiger partial charge in [-0.3, -0.25) is 4.79 Å². The van der Waals surface area contributed by atoms with Crippen LogP contribution in [0.2, 0.25) is 0 Å². The number of rotatable bonds is 4. The Labute approximate surface area is 111 Å². The van der Waals surface area contributed by atoms with Gasteiger partial charge in [-0.2, -0.15) is 0 Å². The summed E-state index contributed by atoms with van der Waals surface area (Å²) in [6.07, 6.45) is 1.84. The Hall–Kier alpha value is -1.44. The van der Waals surface area contributed by atoms with Crippen LogP contribution in [0.4, 0.5) is 0 Å². The average molecular weight is 269 g/mol. The molecule has 1 aromatic rings. The molecule has 2 rings (SSSR count). The lowest BCUT2D eigenvalue weighted by atomic mass is 10.0. The van der Waals surface area contributed by atoms with E-state index in [1.807, 2.05) is 6.92 Å². The van der Waals surface area contributed by atoms with Crippen LogP contribution >= 0.6 is 0 Å². The summed E-state index contributed by atoms with van der Waals surface area (Å²) in [6.45, 7) is 2.71. The van der Waals surface area contributed by atoms with E-state index in [0.717, 1.165) is 6.42 Å². The number of carbonyl (C=O) groups excluding carboxylic acids is 1. The molecule has 0 bridgehead atoms. The van der Waals surface area contributed by atoms with E-state index in [0.29, 0.717) is 6.54 Å². The molecule has 0 spiro atoms. The molecule has 1 aliphatic rings. The highest BCUT2D eigenvalue weighted by molar-refractivity contribution is 5.90. The van der Waals surface area contributed by atoms with Crippen molar-refractivity contribution in [3.8, 4) is 0 Å². The van der Waals surface area contributed by atoms with Crippen molar-refractivity contribution in [2.75, 3.05) is 19.8 Å². The van der Waals surface area contributed by atoms with Crippen molar-refractivity contribution < 1.29 is 19.7 Å². The monoisotopic (exact) mass is 269 g/mol. The van der Waals surface area contributed by atoms with Gasteiger partial charge >= 0.3 is 0 Å². The molecule has 3 N–H and O–H groups in total. The maximum Gasteiger partial charge on any atom is 0.290 e. The zero-order valence-electron chi connectivity index (χ0n) is 10.8. The van der Waals surface area contributed by atoms with Gasteiger partial charge in [0.2, 0.25) is 0 Å². The highest BCUT2D eigenvalue weighted by atomic mass is 16.5. The second-order valence-electron chi connectivity index (χ2n) is 4.60. The van der Waals surface area contributed by atoms with Crippen LogP contribution in [0.25, 0.3) is 0 Å². The molecule has 0 aliphatic carbocycles. The van der Waals surface area contributed by atoms with E-state index in [1.54, 1.807) is 6.20 Å². The maximum absolute atomic E-state index is 12.3. The van der Waals surface area contributed by atoms with Crippen LogP contribution < -0.4 is 0 Å². The SMILES string of the molecule is CCCN(C(=O)c1ncc[nH]1)[C@@H]1COC[C@@H](O)[C@H]1O. The first-order chi connectivity index (χ1) is 9.15. The van der Waals surface area contributed by atoms with Crippen LogP contribution in [0.15, 0.2) is 12.4 Å². The smallest absolute Gasteiger partial charge is 0.290 e. The van der Waals surface area contributed by atoms with E-state index in [9.17, 15) is 15.0 Å². The molecule has 1 fully saturated rings. The van der Waals surface area contributed by atoms with Crippen LogP contribution in [0.3, 0.4) is 0 Å². The lowest BCUT2D eigenvalue weighted by Crippen LogP contribution is -2.57. The predicted molar refractivity (Wildman–Crippen MR) is 66.5 cm³/mol. The van der Waals surface area contributed by atoms with Gasteiger partial charge in [0, 0.05) is 18.9 Å². The molecular weight excluding hydrogens is 250 g/mol. The molecule has 1 aromatic heterocycles. The van der Waals surface area contributed by atoms with Gasteiger partial charge in [-0.1, -0.05) is 6.92 Å². The Balaban J connectivity index is 2.17. The van der Waals surface area contributed by atoms with E-state index in [2.05, 4.69) is 9.97 Å². The van der Waals surface area contributed by atoms with Crippen molar-refractivity contribution in [1.82, 2.24) is 14.9 Å². The lowest BCUT2D eigenvalue weighted by Gasteiger charge is -2.39. The first-order valence-corrected chi connectivity index (χ1v) is 6.39. The van der Waals surface area contributed by atoms with Crippen molar-refractivity contribution in [3.63, 3.8) is 0 Å². The normalized spacial score (nSPS) is 27.2. The number of aromatic nitrogens is 2. The number of aliphatic hydroxyl groups excluding tert-OH is 2. The molecule has 7 nitrogen and oxygen atoms in total. The van der Waals surface area contributed by atoms with Crippen molar-refractivity contribution in [3.05, 3.63) is 18.2 Å². The Morgan fingerprint density at radius 2 is 2.37 bits per heavy atom. The quantitative estimate of drug-likeness (QED) is 0.677. The summed E-state index contributed by atoms with van der Waals surface area (Å²) in [4.78, 5) is 20.5. The summed E-state index contributed by atoms with van der Waals surface area (Å²) in [6, 6.07) is -0.554. The molecule has 7 heteroatoms. The van der Waals surface area contributed by atoms with E-state index in [1.165, 1.54) is 11.1 Å². The fourth-order valence-corrected chi connectivity index (χ4v) is 2.21. The van der Waals surface area contributed by atoms with Crippen LogP contribution in [-0.2, 0) is 4.74 Å². The van der Waals surface area contributed by atoms with E-state index >= 15 is 0 Å². The molecule has 1 aliphatic heterocycles. The number of carbonyl (C=O) groups is 1. The molecule has 106 valence electrons. The summed E-state index contributed by atoms with van der Waals surface area (Å²) < 4.78 is 5.23. The number of aromatic amines is 1. The molecule has 1 amide bonds. The Kier molecular flexibility index (Phi) is 4.52. The number of imidazole rings is 1. The highest BCUT2D eigenvalue weighted by Gasteiger charge is 2.37. The summed E-state index contributed by atoms with van der Waals surface area (Å²) in [7, 11) is 0. The fourth-order valence-electron chi connectivity index (χ4n) is 2.21. The number of nitrogens with one attached hydrogen (secondary N) is 1. The third-order valence-corrected chi connectivity index (χ3v) is 3.19. The molecule has 19 heavy (non-hydrogen) atoms. The number of amides is 1. The lowest BCUT2D eigenvalue weighted by molar-refractivity contribution is -0.125. The number of hydrogen-bond donors (Lipinski definition) is 3.